The van der Waals surface area contributed by atoms with Gasteiger partial charge in [-0.3, -0.25) is 9.47 Å². The number of aliphatic hydroxyl groups excluding tert-OH is 1. The highest BCUT2D eigenvalue weighted by molar-refractivity contribution is 5.82. The molecule has 5 atom stereocenters. The first-order valence-corrected chi connectivity index (χ1v) is 14.5. The monoisotopic (exact) mass is 562 g/mol. The van der Waals surface area contributed by atoms with E-state index in [4.69, 9.17) is 20.2 Å². The molecule has 218 valence electrons. The minimum atomic E-state index is -0.919. The number of ether oxygens (including phenoxy) is 2. The van der Waals surface area contributed by atoms with E-state index >= 15 is 0 Å². The van der Waals surface area contributed by atoms with Crippen LogP contribution in [0.1, 0.15) is 64.6 Å². The van der Waals surface area contributed by atoms with Crippen molar-refractivity contribution in [3.63, 3.8) is 0 Å². The normalized spacial score (nSPS) is 30.6. The SMILES string of the molecule is CC1O[C@H]2[C@@H](O)[C@H](n3cnc4c(N)nc(O)nc43)O[C@@H]2CN1C1CC(CCc2nc3cc(C(C)(C)C)ccc3[nH]2)C1. The van der Waals surface area contributed by atoms with E-state index in [0.29, 0.717) is 29.7 Å². The smallest absolute Gasteiger partial charge is 0.317 e. The van der Waals surface area contributed by atoms with Gasteiger partial charge in [-0.05, 0) is 55.2 Å². The zero-order valence-electron chi connectivity index (χ0n) is 23.9. The third kappa shape index (κ3) is 4.62. The van der Waals surface area contributed by atoms with E-state index in [0.717, 1.165) is 42.5 Å². The number of nitrogens with one attached hydrogen (secondary N) is 1. The van der Waals surface area contributed by atoms with Crippen molar-refractivity contribution >= 4 is 28.0 Å². The topological polar surface area (TPSA) is 160 Å². The van der Waals surface area contributed by atoms with Crippen LogP contribution in [-0.4, -0.2) is 81.7 Å². The van der Waals surface area contributed by atoms with Gasteiger partial charge >= 0.3 is 6.01 Å². The summed E-state index contributed by atoms with van der Waals surface area (Å²) in [4.78, 5) is 22.8. The Balaban J connectivity index is 0.966. The van der Waals surface area contributed by atoms with E-state index in [-0.39, 0.29) is 23.6 Å². The Kier molecular flexibility index (Phi) is 6.23. The highest BCUT2D eigenvalue weighted by Crippen LogP contribution is 2.42. The number of H-pyrrole nitrogens is 1. The number of nitrogens with zero attached hydrogens (tertiary/aromatic N) is 6. The summed E-state index contributed by atoms with van der Waals surface area (Å²) in [7, 11) is 0. The molecule has 4 aromatic rings. The standard InChI is InChI=1S/C29H38N8O4/c1-14-36(17-9-15(10-17)5-8-21-32-18-7-6-16(29(2,3)4)11-19(18)33-21)12-20-24(40-14)23(38)27(41-20)37-13-31-22-25(30)34-28(39)35-26(22)37/h6-7,11,13-15,17,20,23-24,27,38H,5,8-10,12H2,1-4H3,(H,32,33)(H3,30,34,35,39)/t14?,15?,17?,20-,23-,24-,27-/m1/s1. The maximum absolute atomic E-state index is 11.1. The summed E-state index contributed by atoms with van der Waals surface area (Å²) in [5, 5.41) is 21.0. The van der Waals surface area contributed by atoms with Gasteiger partial charge in [0.25, 0.3) is 0 Å². The molecule has 0 bridgehead atoms. The molecule has 12 heteroatoms. The summed E-state index contributed by atoms with van der Waals surface area (Å²) in [6.45, 7) is 9.39. The van der Waals surface area contributed by atoms with Gasteiger partial charge in [0.2, 0.25) is 0 Å². The number of rotatable bonds is 5. The summed E-state index contributed by atoms with van der Waals surface area (Å²) in [6, 6.07) is 6.50. The fourth-order valence-corrected chi connectivity index (χ4v) is 6.68. The number of aliphatic hydroxyl groups is 1. The molecular formula is C29H38N8O4. The van der Waals surface area contributed by atoms with Gasteiger partial charge in [0.15, 0.2) is 23.2 Å². The molecule has 5 N–H and O–H groups in total. The van der Waals surface area contributed by atoms with Crippen LogP contribution in [-0.2, 0) is 21.3 Å². The fourth-order valence-electron chi connectivity index (χ4n) is 6.68. The molecule has 12 nitrogen and oxygen atoms in total. The van der Waals surface area contributed by atoms with Crippen LogP contribution in [0, 0.1) is 5.92 Å². The number of nitrogen functional groups attached to an aromatic ring is 1. The number of aromatic amines is 1. The maximum atomic E-state index is 11.1. The molecule has 1 aliphatic carbocycles. The Morgan fingerprint density at radius 2 is 1.95 bits per heavy atom. The second-order valence-electron chi connectivity index (χ2n) is 12.9. The van der Waals surface area contributed by atoms with Crippen molar-refractivity contribution in [3.8, 4) is 6.01 Å². The van der Waals surface area contributed by atoms with Gasteiger partial charge in [-0.25, -0.2) is 9.97 Å². The second kappa shape index (κ2) is 9.62. The third-order valence-electron chi connectivity index (χ3n) is 9.10. The Hall–Kier alpha value is -3.32. The number of anilines is 1. The summed E-state index contributed by atoms with van der Waals surface area (Å²) in [6.07, 6.45) is 3.17. The van der Waals surface area contributed by atoms with Crippen LogP contribution in [0.2, 0.25) is 0 Å². The molecule has 0 radical (unpaired) electrons. The van der Waals surface area contributed by atoms with Crippen LogP contribution in [0.5, 0.6) is 6.01 Å². The quantitative estimate of drug-likeness (QED) is 0.285. The highest BCUT2D eigenvalue weighted by Gasteiger charge is 2.52. The summed E-state index contributed by atoms with van der Waals surface area (Å²) in [5.74, 6) is 1.77. The van der Waals surface area contributed by atoms with E-state index in [1.54, 1.807) is 4.57 Å². The number of benzene rings is 1. The lowest BCUT2D eigenvalue weighted by atomic mass is 9.76. The summed E-state index contributed by atoms with van der Waals surface area (Å²) >= 11 is 0. The lowest BCUT2D eigenvalue weighted by Gasteiger charge is -2.49. The number of fused-ring (bicyclic) bond motifs is 3. The lowest BCUT2D eigenvalue weighted by Crippen LogP contribution is -2.59. The van der Waals surface area contributed by atoms with E-state index in [1.165, 1.54) is 11.9 Å². The zero-order chi connectivity index (χ0) is 28.6. The van der Waals surface area contributed by atoms with Crippen LogP contribution in [0.4, 0.5) is 5.82 Å². The highest BCUT2D eigenvalue weighted by atomic mass is 16.6. The van der Waals surface area contributed by atoms with Crippen molar-refractivity contribution < 1.29 is 19.7 Å². The van der Waals surface area contributed by atoms with Crippen LogP contribution < -0.4 is 5.73 Å². The van der Waals surface area contributed by atoms with Crippen LogP contribution in [0.3, 0.4) is 0 Å². The number of aromatic hydroxyl groups is 1. The number of hydrogen-bond donors (Lipinski definition) is 4. The van der Waals surface area contributed by atoms with Gasteiger partial charge in [0.1, 0.15) is 30.4 Å². The van der Waals surface area contributed by atoms with E-state index < -0.39 is 24.4 Å². The fraction of sp³-hybridized carbons (Fsp3) is 0.586. The van der Waals surface area contributed by atoms with Gasteiger partial charge < -0.3 is 30.4 Å². The van der Waals surface area contributed by atoms with Gasteiger partial charge in [0, 0.05) is 19.0 Å². The van der Waals surface area contributed by atoms with Crippen molar-refractivity contribution in [2.45, 2.75) is 95.6 Å². The molecule has 7 rings (SSSR count). The second-order valence-corrected chi connectivity index (χ2v) is 12.9. The third-order valence-corrected chi connectivity index (χ3v) is 9.10. The van der Waals surface area contributed by atoms with Crippen LogP contribution >= 0.6 is 0 Å². The van der Waals surface area contributed by atoms with Crippen LogP contribution in [0.25, 0.3) is 22.2 Å². The van der Waals surface area contributed by atoms with Gasteiger partial charge in [-0.15, -0.1) is 0 Å². The minimum absolute atomic E-state index is 0.0710. The number of imidazole rings is 2. The Morgan fingerprint density at radius 3 is 2.73 bits per heavy atom. The number of nitrogens with two attached hydrogens (primary N) is 1. The molecule has 2 aliphatic heterocycles. The van der Waals surface area contributed by atoms with Crippen molar-refractivity contribution in [2.24, 2.45) is 5.92 Å². The average molecular weight is 563 g/mol. The maximum Gasteiger partial charge on any atom is 0.317 e. The zero-order valence-corrected chi connectivity index (χ0v) is 23.9. The van der Waals surface area contributed by atoms with Crippen molar-refractivity contribution in [1.82, 2.24) is 34.4 Å². The molecule has 0 amide bonds. The van der Waals surface area contributed by atoms with Crippen molar-refractivity contribution in [3.05, 3.63) is 35.9 Å². The molecule has 41 heavy (non-hydrogen) atoms. The summed E-state index contributed by atoms with van der Waals surface area (Å²) < 4.78 is 14.2. The van der Waals surface area contributed by atoms with Gasteiger partial charge in [0.05, 0.1) is 17.4 Å². The van der Waals surface area contributed by atoms with E-state index in [9.17, 15) is 10.2 Å². The first kappa shape index (κ1) is 26.6. The number of hydrogen-bond acceptors (Lipinski definition) is 10. The minimum Gasteiger partial charge on any atom is -0.479 e. The molecule has 3 fully saturated rings. The first-order chi connectivity index (χ1) is 19.5. The molecule has 1 unspecified atom stereocenters. The average Bonchev–Trinajstić information content (AvgIpc) is 3.57. The Labute approximate surface area is 237 Å². The summed E-state index contributed by atoms with van der Waals surface area (Å²) in [5.41, 5.74) is 10.1. The predicted octanol–water partition coefficient (Wildman–Crippen LogP) is 3.00. The molecule has 1 aromatic carbocycles. The number of aromatic nitrogens is 6. The molecule has 5 heterocycles. The van der Waals surface area contributed by atoms with E-state index in [2.05, 4.69) is 63.8 Å². The molecule has 3 aromatic heterocycles. The molecule has 0 spiro atoms. The first-order valence-electron chi connectivity index (χ1n) is 14.5. The molecule has 3 aliphatic rings. The predicted molar refractivity (Wildman–Crippen MR) is 152 cm³/mol. The van der Waals surface area contributed by atoms with Crippen LogP contribution in [0.15, 0.2) is 24.5 Å². The van der Waals surface area contributed by atoms with E-state index in [1.807, 2.05) is 6.92 Å². The van der Waals surface area contributed by atoms with Gasteiger partial charge in [-0.2, -0.15) is 9.97 Å². The van der Waals surface area contributed by atoms with Crippen molar-refractivity contribution in [1.29, 1.82) is 0 Å². The molecule has 2 saturated heterocycles. The van der Waals surface area contributed by atoms with Gasteiger partial charge in [-0.1, -0.05) is 26.8 Å². The largest absolute Gasteiger partial charge is 0.479 e. The Morgan fingerprint density at radius 1 is 1.15 bits per heavy atom. The number of aryl methyl sites for hydroxylation is 1. The molecular weight excluding hydrogens is 524 g/mol. The Bertz CT molecular complexity index is 1590. The molecule has 1 saturated carbocycles. The lowest BCUT2D eigenvalue weighted by molar-refractivity contribution is -0.199. The van der Waals surface area contributed by atoms with Crippen molar-refractivity contribution in [2.75, 3.05) is 12.3 Å².